The van der Waals surface area contributed by atoms with Crippen LogP contribution < -0.4 is 9.64 Å². The van der Waals surface area contributed by atoms with Crippen LogP contribution in [0.25, 0.3) is 0 Å². The van der Waals surface area contributed by atoms with Crippen molar-refractivity contribution in [1.29, 1.82) is 0 Å². The number of hydrogen-bond acceptors (Lipinski definition) is 5. The van der Waals surface area contributed by atoms with Crippen molar-refractivity contribution in [1.82, 2.24) is 5.16 Å². The Morgan fingerprint density at radius 2 is 1.84 bits per heavy atom. The van der Waals surface area contributed by atoms with Gasteiger partial charge in [0.15, 0.2) is 11.5 Å². The first-order valence-corrected chi connectivity index (χ1v) is 10.0. The summed E-state index contributed by atoms with van der Waals surface area (Å²) in [4.78, 5) is 27.1. The molecule has 0 unspecified atom stereocenters. The Labute approximate surface area is 181 Å². The van der Waals surface area contributed by atoms with Crippen LogP contribution in [0.2, 0.25) is 0 Å². The van der Waals surface area contributed by atoms with E-state index in [9.17, 15) is 22.8 Å². The zero-order valence-corrected chi connectivity index (χ0v) is 17.1. The Kier molecular flexibility index (Phi) is 5.73. The monoisotopic (exact) mass is 444 g/mol. The van der Waals surface area contributed by atoms with E-state index in [1.807, 2.05) is 0 Å². The van der Waals surface area contributed by atoms with Gasteiger partial charge in [-0.15, -0.1) is 0 Å². The Morgan fingerprint density at radius 3 is 2.47 bits per heavy atom. The van der Waals surface area contributed by atoms with Crippen molar-refractivity contribution in [2.75, 3.05) is 11.4 Å². The molecular formula is C23H19F3N2O4. The van der Waals surface area contributed by atoms with E-state index in [0.717, 1.165) is 35.9 Å². The fraction of sp³-hybridized carbons (Fsp3) is 0.261. The molecule has 9 heteroatoms. The Bertz CT molecular complexity index is 1140. The molecule has 0 radical (unpaired) electrons. The normalized spacial score (nSPS) is 13.6. The molecule has 2 aromatic carbocycles. The molecule has 0 bridgehead atoms. The lowest BCUT2D eigenvalue weighted by Crippen LogP contribution is -2.35. The van der Waals surface area contributed by atoms with Gasteiger partial charge in [0, 0.05) is 18.0 Å². The summed E-state index contributed by atoms with van der Waals surface area (Å²) >= 11 is 0. The number of ether oxygens (including phenoxy) is 1. The van der Waals surface area contributed by atoms with E-state index >= 15 is 0 Å². The molecule has 1 saturated carbocycles. The van der Waals surface area contributed by atoms with Crippen LogP contribution in [0.3, 0.4) is 0 Å². The minimum Gasteiger partial charge on any atom is -0.410 e. The lowest BCUT2D eigenvalue weighted by atomic mass is 9.98. The van der Waals surface area contributed by atoms with Crippen molar-refractivity contribution in [2.45, 2.75) is 31.9 Å². The molecule has 32 heavy (non-hydrogen) atoms. The highest BCUT2D eigenvalue weighted by Gasteiger charge is 2.36. The molecular weight excluding hydrogens is 425 g/mol. The SMILES string of the molecule is CCN(C(=O)Oc1ccccc1)c1cc(C(F)(F)F)ccc1C(=O)c1cnoc1C1CC1. The molecule has 0 atom stereocenters. The van der Waals surface area contributed by atoms with Crippen LogP contribution in [-0.4, -0.2) is 23.6 Å². The van der Waals surface area contributed by atoms with Crippen molar-refractivity contribution < 1.29 is 32.0 Å². The van der Waals surface area contributed by atoms with Gasteiger partial charge >= 0.3 is 12.3 Å². The fourth-order valence-electron chi connectivity index (χ4n) is 3.37. The molecule has 0 aliphatic heterocycles. The third kappa shape index (κ3) is 4.37. The average molecular weight is 444 g/mol. The minimum atomic E-state index is -4.66. The van der Waals surface area contributed by atoms with Gasteiger partial charge in [0.05, 0.1) is 23.0 Å². The highest BCUT2D eigenvalue weighted by molar-refractivity contribution is 6.14. The number of benzene rings is 2. The number of halogens is 3. The van der Waals surface area contributed by atoms with Gasteiger partial charge in [-0.25, -0.2) is 4.79 Å². The van der Waals surface area contributed by atoms with E-state index < -0.39 is 23.6 Å². The largest absolute Gasteiger partial charge is 0.419 e. The zero-order valence-electron chi connectivity index (χ0n) is 17.1. The van der Waals surface area contributed by atoms with E-state index in [-0.39, 0.29) is 35.0 Å². The lowest BCUT2D eigenvalue weighted by Gasteiger charge is -2.24. The second-order valence-corrected chi connectivity index (χ2v) is 7.36. The standard InChI is InChI=1S/C23H19F3N2O4/c1-2-28(22(30)31-16-6-4-3-5-7-16)19-12-15(23(24,25)26)10-11-17(19)20(29)18-13-27-32-21(18)14-8-9-14/h3-7,10-14H,2,8-9H2,1H3. The van der Waals surface area contributed by atoms with E-state index in [0.29, 0.717) is 5.76 Å². The van der Waals surface area contributed by atoms with Crippen LogP contribution in [0.1, 0.15) is 52.9 Å². The molecule has 1 aliphatic carbocycles. The van der Waals surface area contributed by atoms with E-state index in [1.54, 1.807) is 37.3 Å². The zero-order chi connectivity index (χ0) is 22.9. The van der Waals surface area contributed by atoms with Crippen LogP contribution in [-0.2, 0) is 6.18 Å². The number of nitrogens with zero attached hydrogens (tertiary/aromatic N) is 2. The Hall–Kier alpha value is -3.62. The van der Waals surface area contributed by atoms with Gasteiger partial charge in [-0.3, -0.25) is 9.69 Å². The van der Waals surface area contributed by atoms with Crippen molar-refractivity contribution in [2.24, 2.45) is 0 Å². The lowest BCUT2D eigenvalue weighted by molar-refractivity contribution is -0.137. The van der Waals surface area contributed by atoms with Gasteiger partial charge in [-0.05, 0) is 50.1 Å². The molecule has 1 aromatic heterocycles. The summed E-state index contributed by atoms with van der Waals surface area (Å²) in [6.45, 7) is 1.56. The van der Waals surface area contributed by atoms with Gasteiger partial charge in [-0.2, -0.15) is 13.2 Å². The van der Waals surface area contributed by atoms with E-state index in [4.69, 9.17) is 9.26 Å². The smallest absolute Gasteiger partial charge is 0.410 e. The van der Waals surface area contributed by atoms with Crippen LogP contribution in [0, 0.1) is 0 Å². The van der Waals surface area contributed by atoms with Gasteiger partial charge in [0.1, 0.15) is 5.75 Å². The summed E-state index contributed by atoms with van der Waals surface area (Å²) in [5.41, 5.74) is -1.07. The maximum atomic E-state index is 13.4. The number of carbonyl (C=O) groups excluding carboxylic acids is 2. The topological polar surface area (TPSA) is 72.6 Å². The molecule has 1 aliphatic rings. The number of rotatable bonds is 6. The van der Waals surface area contributed by atoms with Crippen molar-refractivity contribution in [3.8, 4) is 5.75 Å². The van der Waals surface area contributed by atoms with Crippen LogP contribution >= 0.6 is 0 Å². The van der Waals surface area contributed by atoms with Crippen molar-refractivity contribution in [3.63, 3.8) is 0 Å². The molecule has 166 valence electrons. The number of amides is 1. The summed E-state index contributed by atoms with van der Waals surface area (Å²) < 4.78 is 50.8. The fourth-order valence-corrected chi connectivity index (χ4v) is 3.37. The summed E-state index contributed by atoms with van der Waals surface area (Å²) in [6, 6.07) is 10.8. The van der Waals surface area contributed by atoms with E-state index in [1.165, 1.54) is 6.20 Å². The first kappa shape index (κ1) is 21.6. The van der Waals surface area contributed by atoms with Crippen molar-refractivity contribution >= 4 is 17.6 Å². The molecule has 0 saturated heterocycles. The van der Waals surface area contributed by atoms with Gasteiger partial charge < -0.3 is 9.26 Å². The van der Waals surface area contributed by atoms with Gasteiger partial charge in [-0.1, -0.05) is 23.4 Å². The summed E-state index contributed by atoms with van der Waals surface area (Å²) in [5, 5.41) is 3.69. The number of anilines is 1. The predicted molar refractivity (Wildman–Crippen MR) is 109 cm³/mol. The molecule has 6 nitrogen and oxygen atoms in total. The molecule has 0 spiro atoms. The number of ketones is 1. The molecule has 1 amide bonds. The number of aromatic nitrogens is 1. The third-order valence-corrected chi connectivity index (χ3v) is 5.14. The molecule has 4 rings (SSSR count). The van der Waals surface area contributed by atoms with E-state index in [2.05, 4.69) is 5.16 Å². The Balaban J connectivity index is 1.76. The second-order valence-electron chi connectivity index (χ2n) is 7.36. The third-order valence-electron chi connectivity index (χ3n) is 5.14. The van der Waals surface area contributed by atoms with Crippen LogP contribution in [0.5, 0.6) is 5.75 Å². The Morgan fingerprint density at radius 1 is 1.12 bits per heavy atom. The molecule has 1 fully saturated rings. The first-order valence-electron chi connectivity index (χ1n) is 10.0. The summed E-state index contributed by atoms with van der Waals surface area (Å²) in [7, 11) is 0. The highest BCUT2D eigenvalue weighted by atomic mass is 19.4. The van der Waals surface area contributed by atoms with Crippen LogP contribution in [0.4, 0.5) is 23.7 Å². The summed E-state index contributed by atoms with van der Waals surface area (Å²) in [6.07, 6.45) is -2.61. The molecule has 1 heterocycles. The van der Waals surface area contributed by atoms with Crippen LogP contribution in [0.15, 0.2) is 59.3 Å². The number of alkyl halides is 3. The average Bonchev–Trinajstić information content (AvgIpc) is 3.50. The maximum absolute atomic E-state index is 13.4. The molecule has 0 N–H and O–H groups in total. The summed E-state index contributed by atoms with van der Waals surface area (Å²) in [5.74, 6) is 0.143. The van der Waals surface area contributed by atoms with Gasteiger partial charge in [0.2, 0.25) is 0 Å². The molecule has 3 aromatic rings. The number of carbonyl (C=O) groups is 2. The quantitative estimate of drug-likeness (QED) is 0.448. The first-order chi connectivity index (χ1) is 15.3. The van der Waals surface area contributed by atoms with Gasteiger partial charge in [0.25, 0.3) is 0 Å². The highest BCUT2D eigenvalue weighted by Crippen LogP contribution is 2.43. The number of hydrogen-bond donors (Lipinski definition) is 0. The number of para-hydroxylation sites is 1. The maximum Gasteiger partial charge on any atom is 0.419 e. The predicted octanol–water partition coefficient (Wildman–Crippen LogP) is 5.83. The van der Waals surface area contributed by atoms with Crippen molar-refractivity contribution in [3.05, 3.63) is 77.2 Å². The second kappa shape index (κ2) is 8.49. The minimum absolute atomic E-state index is 0.0215.